The van der Waals surface area contributed by atoms with Crippen LogP contribution in [-0.4, -0.2) is 47.2 Å². The van der Waals surface area contributed by atoms with Crippen molar-refractivity contribution in [1.82, 2.24) is 0 Å². The standard InChI is InChI=1S/C8H15ClN.2C2H6N.CH3.Zr/c1-10-6-5-7-3-2-4-8(7)9;2*1-3-2;;/h7-8H,2-6H2,1H3;2*1-2H3;1H3;/q4*-1;+4. The number of hydrogen-bond donors (Lipinski definition) is 0. The van der Waals surface area contributed by atoms with Gasteiger partial charge < -0.3 is 23.4 Å². The van der Waals surface area contributed by atoms with Crippen LogP contribution >= 0.6 is 11.6 Å². The second-order valence-corrected chi connectivity index (χ2v) is 4.49. The molecule has 0 spiro atoms. The molecule has 2 atom stereocenters. The molecule has 0 aromatic carbocycles. The Hall–Kier alpha value is 1.05. The fraction of sp³-hybridized carbons (Fsp3) is 0.923. The van der Waals surface area contributed by atoms with Crippen molar-refractivity contribution in [2.45, 2.75) is 31.1 Å². The van der Waals surface area contributed by atoms with E-state index in [-0.39, 0.29) is 33.6 Å². The maximum atomic E-state index is 6.07. The van der Waals surface area contributed by atoms with Crippen LogP contribution in [0.25, 0.3) is 16.0 Å². The van der Waals surface area contributed by atoms with Crippen LogP contribution in [0.1, 0.15) is 25.7 Å². The Balaban J connectivity index is -0.000000106. The van der Waals surface area contributed by atoms with Crippen LogP contribution in [-0.2, 0) is 26.2 Å². The summed E-state index contributed by atoms with van der Waals surface area (Å²) >= 11 is 6.07. The molecule has 5 heteroatoms. The average Bonchev–Trinajstić information content (AvgIpc) is 2.63. The summed E-state index contributed by atoms with van der Waals surface area (Å²) < 4.78 is 0. The van der Waals surface area contributed by atoms with E-state index in [2.05, 4.69) is 16.0 Å². The van der Waals surface area contributed by atoms with E-state index >= 15 is 0 Å². The quantitative estimate of drug-likeness (QED) is 0.530. The third kappa shape index (κ3) is 19.4. The molecule has 0 heterocycles. The molecule has 0 aliphatic heterocycles. The zero-order valence-electron chi connectivity index (χ0n) is 12.9. The minimum atomic E-state index is 0. The Labute approximate surface area is 139 Å². The topological polar surface area (TPSA) is 42.3 Å². The average molecular weight is 355 g/mol. The van der Waals surface area contributed by atoms with Crippen molar-refractivity contribution >= 4 is 11.6 Å². The molecule has 2 unspecified atom stereocenters. The van der Waals surface area contributed by atoms with Crippen LogP contribution in [0.2, 0.25) is 0 Å². The van der Waals surface area contributed by atoms with Gasteiger partial charge in [0.25, 0.3) is 0 Å². The van der Waals surface area contributed by atoms with Crippen LogP contribution in [0.3, 0.4) is 0 Å². The SMILES string of the molecule is C[N-]C.C[N-]C.C[N-]CCC1CCCC1Cl.[CH3-].[Zr+4]. The third-order valence-electron chi connectivity index (χ3n) is 2.29. The summed E-state index contributed by atoms with van der Waals surface area (Å²) in [7, 11) is 8.87. The van der Waals surface area contributed by atoms with E-state index in [1.165, 1.54) is 25.7 Å². The molecule has 1 fully saturated rings. The van der Waals surface area contributed by atoms with Gasteiger partial charge in [-0.2, -0.15) is 35.2 Å². The van der Waals surface area contributed by atoms with Crippen molar-refractivity contribution < 1.29 is 26.2 Å². The van der Waals surface area contributed by atoms with E-state index in [1.807, 2.05) is 7.05 Å². The van der Waals surface area contributed by atoms with Crippen LogP contribution in [0.4, 0.5) is 0 Å². The Morgan fingerprint density at radius 2 is 1.44 bits per heavy atom. The monoisotopic (exact) mass is 353 g/mol. The fourth-order valence-corrected chi connectivity index (χ4v) is 2.02. The second-order valence-electron chi connectivity index (χ2n) is 3.93. The van der Waals surface area contributed by atoms with E-state index in [0.29, 0.717) is 5.38 Å². The number of nitrogens with zero attached hydrogens (tertiary/aromatic N) is 3. The Morgan fingerprint density at radius 1 is 1.00 bits per heavy atom. The van der Waals surface area contributed by atoms with Crippen LogP contribution in [0, 0.1) is 13.3 Å². The molecule has 0 saturated heterocycles. The summed E-state index contributed by atoms with van der Waals surface area (Å²) in [6, 6.07) is 0. The van der Waals surface area contributed by atoms with E-state index in [1.54, 1.807) is 28.2 Å². The molecule has 18 heavy (non-hydrogen) atoms. The molecule has 1 saturated carbocycles. The van der Waals surface area contributed by atoms with Crippen LogP contribution in [0.15, 0.2) is 0 Å². The molecule has 0 N–H and O–H groups in total. The van der Waals surface area contributed by atoms with Gasteiger partial charge in [0.2, 0.25) is 0 Å². The number of halogens is 1. The van der Waals surface area contributed by atoms with E-state index < -0.39 is 0 Å². The molecular formula is C13H30ClN3Zr. The van der Waals surface area contributed by atoms with Gasteiger partial charge in [-0.15, -0.1) is 18.1 Å². The summed E-state index contributed by atoms with van der Waals surface area (Å²) in [5.41, 5.74) is 0. The normalized spacial score (nSPS) is 20.3. The van der Waals surface area contributed by atoms with Crippen molar-refractivity contribution in [3.8, 4) is 0 Å². The first-order valence-electron chi connectivity index (χ1n) is 5.83. The summed E-state index contributed by atoms with van der Waals surface area (Å²) in [6.45, 7) is 0.994. The van der Waals surface area contributed by atoms with Gasteiger partial charge in [-0.05, 0) is 18.8 Å². The molecule has 3 nitrogen and oxygen atoms in total. The zero-order valence-corrected chi connectivity index (χ0v) is 16.1. The Bertz CT molecular complexity index is 127. The van der Waals surface area contributed by atoms with Crippen molar-refractivity contribution in [2.75, 3.05) is 41.8 Å². The van der Waals surface area contributed by atoms with Crippen molar-refractivity contribution in [2.24, 2.45) is 5.92 Å². The molecule has 108 valence electrons. The third-order valence-corrected chi connectivity index (χ3v) is 2.86. The number of hydrogen-bond acceptors (Lipinski definition) is 0. The van der Waals surface area contributed by atoms with Crippen molar-refractivity contribution in [3.05, 3.63) is 23.4 Å². The maximum Gasteiger partial charge on any atom is 4.00 e. The molecule has 0 bridgehead atoms. The molecule has 0 aromatic rings. The van der Waals surface area contributed by atoms with E-state index in [9.17, 15) is 0 Å². The maximum absolute atomic E-state index is 6.07. The van der Waals surface area contributed by atoms with Crippen LogP contribution < -0.4 is 0 Å². The van der Waals surface area contributed by atoms with Gasteiger partial charge in [0.05, 0.1) is 0 Å². The smallest absolute Gasteiger partial charge is 0.668 e. The van der Waals surface area contributed by atoms with Gasteiger partial charge in [0.15, 0.2) is 0 Å². The fourth-order valence-electron chi connectivity index (χ4n) is 1.61. The van der Waals surface area contributed by atoms with Crippen molar-refractivity contribution in [1.29, 1.82) is 0 Å². The van der Waals surface area contributed by atoms with Gasteiger partial charge in [-0.3, -0.25) is 0 Å². The number of rotatable bonds is 3. The van der Waals surface area contributed by atoms with Gasteiger partial charge in [-0.1, -0.05) is 12.8 Å². The first-order chi connectivity index (χ1) is 7.67. The van der Waals surface area contributed by atoms with Gasteiger partial charge in [-0.25, -0.2) is 0 Å². The Morgan fingerprint density at radius 3 is 1.72 bits per heavy atom. The summed E-state index contributed by atoms with van der Waals surface area (Å²) in [5.74, 6) is 0.755. The second kappa shape index (κ2) is 23.2. The molecular weight excluding hydrogens is 325 g/mol. The van der Waals surface area contributed by atoms with Crippen LogP contribution in [0.5, 0.6) is 0 Å². The first kappa shape index (κ1) is 27.4. The minimum Gasteiger partial charge on any atom is -0.668 e. The van der Waals surface area contributed by atoms with Crippen molar-refractivity contribution in [3.63, 3.8) is 0 Å². The summed E-state index contributed by atoms with van der Waals surface area (Å²) in [4.78, 5) is 0. The molecule has 1 rings (SSSR count). The van der Waals surface area contributed by atoms with Gasteiger partial charge in [0.1, 0.15) is 0 Å². The predicted octanol–water partition coefficient (Wildman–Crippen LogP) is 4.47. The summed E-state index contributed by atoms with van der Waals surface area (Å²) in [6.07, 6.45) is 5.06. The zero-order chi connectivity index (χ0) is 12.8. The molecule has 1 aliphatic carbocycles. The van der Waals surface area contributed by atoms with Gasteiger partial charge in [0, 0.05) is 5.38 Å². The molecule has 1 aliphatic rings. The largest absolute Gasteiger partial charge is 4.00 e. The minimum absolute atomic E-state index is 0. The van der Waals surface area contributed by atoms with E-state index in [0.717, 1.165) is 12.5 Å². The molecule has 0 amide bonds. The van der Waals surface area contributed by atoms with E-state index in [4.69, 9.17) is 11.6 Å². The first-order valence-corrected chi connectivity index (χ1v) is 6.27. The Kier molecular flexibility index (Phi) is 35.3. The summed E-state index contributed by atoms with van der Waals surface area (Å²) in [5, 5.41) is 11.5. The molecule has 0 aromatic heterocycles. The molecule has 0 radical (unpaired) electrons. The predicted molar refractivity (Wildman–Crippen MR) is 82.6 cm³/mol. The number of alkyl halides is 1. The van der Waals surface area contributed by atoms with Gasteiger partial charge >= 0.3 is 26.2 Å².